The fourth-order valence-corrected chi connectivity index (χ4v) is 3.35. The van der Waals surface area contributed by atoms with Crippen LogP contribution in [0, 0.1) is 0 Å². The molecular formula is C18H25N5O2S. The molecule has 1 N–H and O–H groups in total. The number of likely N-dealkylation sites (N-methyl/N-ethyl adjacent to an activating group) is 1. The average Bonchev–Trinajstić information content (AvgIpc) is 3.08. The molecule has 140 valence electrons. The number of nitrogens with zero attached hydrogens (tertiary/aromatic N) is 4. The van der Waals surface area contributed by atoms with Crippen molar-refractivity contribution in [2.24, 2.45) is 0 Å². The van der Waals surface area contributed by atoms with Gasteiger partial charge in [0.25, 0.3) is 0 Å². The van der Waals surface area contributed by atoms with Crippen LogP contribution in [-0.4, -0.2) is 50.8 Å². The summed E-state index contributed by atoms with van der Waals surface area (Å²) in [6.45, 7) is 6.10. The van der Waals surface area contributed by atoms with Crippen LogP contribution in [0.4, 0.5) is 5.69 Å². The van der Waals surface area contributed by atoms with Crippen LogP contribution in [0.5, 0.6) is 0 Å². The van der Waals surface area contributed by atoms with E-state index in [9.17, 15) is 9.59 Å². The van der Waals surface area contributed by atoms with Crippen LogP contribution >= 0.6 is 11.8 Å². The third-order valence-corrected chi connectivity index (χ3v) is 4.84. The Bertz CT molecular complexity index is 760. The molecule has 0 fully saturated rings. The summed E-state index contributed by atoms with van der Waals surface area (Å²) in [6.07, 6.45) is 2.48. The standard InChI is InChI=1S/C18H25N5O2S/c1-5-14-8-6-7-9-15(14)20-16(24)10-22(4)17(25)11-26-18-21-19-12-23(18)13(2)3/h6-9,12-13H,5,10-11H2,1-4H3,(H,20,24). The molecular weight excluding hydrogens is 350 g/mol. The first-order valence-corrected chi connectivity index (χ1v) is 9.55. The molecule has 0 saturated heterocycles. The molecule has 0 aliphatic heterocycles. The van der Waals surface area contributed by atoms with Crippen molar-refractivity contribution >= 4 is 29.3 Å². The van der Waals surface area contributed by atoms with E-state index >= 15 is 0 Å². The van der Waals surface area contributed by atoms with Crippen molar-refractivity contribution in [3.63, 3.8) is 0 Å². The second-order valence-corrected chi connectivity index (χ2v) is 7.15. The Morgan fingerprint density at radius 2 is 2.04 bits per heavy atom. The summed E-state index contributed by atoms with van der Waals surface area (Å²) in [7, 11) is 1.63. The molecule has 0 spiro atoms. The summed E-state index contributed by atoms with van der Waals surface area (Å²) in [5, 5.41) is 11.5. The monoisotopic (exact) mass is 375 g/mol. The van der Waals surface area contributed by atoms with Gasteiger partial charge in [-0.15, -0.1) is 10.2 Å². The summed E-state index contributed by atoms with van der Waals surface area (Å²) in [5.41, 5.74) is 1.86. The molecule has 26 heavy (non-hydrogen) atoms. The molecule has 8 heteroatoms. The summed E-state index contributed by atoms with van der Waals surface area (Å²) in [6, 6.07) is 7.89. The molecule has 2 rings (SSSR count). The topological polar surface area (TPSA) is 80.1 Å². The first kappa shape index (κ1) is 20.0. The number of hydrogen-bond acceptors (Lipinski definition) is 5. The van der Waals surface area contributed by atoms with Crippen LogP contribution in [0.15, 0.2) is 35.7 Å². The lowest BCUT2D eigenvalue weighted by atomic mass is 10.1. The lowest BCUT2D eigenvalue weighted by Crippen LogP contribution is -2.36. The van der Waals surface area contributed by atoms with Gasteiger partial charge in [-0.25, -0.2) is 0 Å². The van der Waals surface area contributed by atoms with Gasteiger partial charge in [0.2, 0.25) is 11.8 Å². The lowest BCUT2D eigenvalue weighted by Gasteiger charge is -2.17. The van der Waals surface area contributed by atoms with Crippen LogP contribution in [0.2, 0.25) is 0 Å². The van der Waals surface area contributed by atoms with E-state index in [4.69, 9.17) is 0 Å². The van der Waals surface area contributed by atoms with E-state index in [1.807, 2.05) is 49.6 Å². The number of hydrogen-bond donors (Lipinski definition) is 1. The number of amides is 2. The molecule has 0 radical (unpaired) electrons. The van der Waals surface area contributed by atoms with Crippen LogP contribution in [0.1, 0.15) is 32.4 Å². The van der Waals surface area contributed by atoms with Gasteiger partial charge in [0, 0.05) is 18.8 Å². The van der Waals surface area contributed by atoms with Gasteiger partial charge >= 0.3 is 0 Å². The Labute approximate surface area is 158 Å². The summed E-state index contributed by atoms with van der Waals surface area (Å²) >= 11 is 1.32. The number of nitrogens with one attached hydrogen (secondary N) is 1. The molecule has 1 aromatic carbocycles. The van der Waals surface area contributed by atoms with Crippen molar-refractivity contribution in [2.45, 2.75) is 38.4 Å². The number of benzene rings is 1. The highest BCUT2D eigenvalue weighted by molar-refractivity contribution is 7.99. The first-order valence-electron chi connectivity index (χ1n) is 8.56. The number of para-hydroxylation sites is 1. The number of carbonyl (C=O) groups excluding carboxylic acids is 2. The van der Waals surface area contributed by atoms with E-state index < -0.39 is 0 Å². The van der Waals surface area contributed by atoms with Gasteiger partial charge in [-0.3, -0.25) is 9.59 Å². The smallest absolute Gasteiger partial charge is 0.243 e. The fraction of sp³-hybridized carbons (Fsp3) is 0.444. The zero-order valence-corrected chi connectivity index (χ0v) is 16.4. The maximum absolute atomic E-state index is 12.3. The average molecular weight is 375 g/mol. The number of anilines is 1. The Morgan fingerprint density at radius 3 is 2.73 bits per heavy atom. The molecule has 2 aromatic rings. The third-order valence-electron chi connectivity index (χ3n) is 3.90. The highest BCUT2D eigenvalue weighted by atomic mass is 32.2. The van der Waals surface area contributed by atoms with E-state index in [1.54, 1.807) is 13.4 Å². The highest BCUT2D eigenvalue weighted by Crippen LogP contribution is 2.19. The van der Waals surface area contributed by atoms with Crippen LogP contribution < -0.4 is 5.32 Å². The predicted octanol–water partition coefficient (Wildman–Crippen LogP) is 2.61. The van der Waals surface area contributed by atoms with Crippen LogP contribution in [0.3, 0.4) is 0 Å². The molecule has 0 unspecified atom stereocenters. The van der Waals surface area contributed by atoms with Crippen molar-refractivity contribution in [1.29, 1.82) is 0 Å². The van der Waals surface area contributed by atoms with E-state index in [2.05, 4.69) is 15.5 Å². The minimum atomic E-state index is -0.211. The lowest BCUT2D eigenvalue weighted by molar-refractivity contribution is -0.131. The van der Waals surface area contributed by atoms with Crippen molar-refractivity contribution in [1.82, 2.24) is 19.7 Å². The maximum Gasteiger partial charge on any atom is 0.243 e. The predicted molar refractivity (Wildman–Crippen MR) is 103 cm³/mol. The molecule has 7 nitrogen and oxygen atoms in total. The molecule has 2 amide bonds. The first-order chi connectivity index (χ1) is 12.4. The molecule has 1 aromatic heterocycles. The van der Waals surface area contributed by atoms with E-state index in [-0.39, 0.29) is 30.2 Å². The number of rotatable bonds is 8. The third kappa shape index (κ3) is 5.32. The summed E-state index contributed by atoms with van der Waals surface area (Å²) in [4.78, 5) is 26.0. The second-order valence-electron chi connectivity index (χ2n) is 6.21. The molecule has 0 aliphatic rings. The Hall–Kier alpha value is -2.35. The van der Waals surface area contributed by atoms with Gasteiger partial charge in [0.1, 0.15) is 6.33 Å². The number of carbonyl (C=O) groups is 2. The molecule has 1 heterocycles. The highest BCUT2D eigenvalue weighted by Gasteiger charge is 2.16. The van der Waals surface area contributed by atoms with Gasteiger partial charge < -0.3 is 14.8 Å². The number of thioether (sulfide) groups is 1. The Kier molecular flexibility index (Phi) is 7.20. The molecule has 0 bridgehead atoms. The maximum atomic E-state index is 12.3. The van der Waals surface area contributed by atoms with Crippen LogP contribution in [0.25, 0.3) is 0 Å². The zero-order chi connectivity index (χ0) is 19.1. The minimum absolute atomic E-state index is 0.00825. The zero-order valence-electron chi connectivity index (χ0n) is 15.6. The van der Waals surface area contributed by atoms with Crippen molar-refractivity contribution < 1.29 is 9.59 Å². The van der Waals surface area contributed by atoms with Crippen molar-refractivity contribution in [3.8, 4) is 0 Å². The van der Waals surface area contributed by atoms with Gasteiger partial charge in [0.05, 0.1) is 12.3 Å². The largest absolute Gasteiger partial charge is 0.336 e. The van der Waals surface area contributed by atoms with Crippen molar-refractivity contribution in [2.75, 3.05) is 24.7 Å². The van der Waals surface area contributed by atoms with E-state index in [1.165, 1.54) is 16.7 Å². The molecule has 0 aliphatic carbocycles. The Morgan fingerprint density at radius 1 is 1.31 bits per heavy atom. The van der Waals surface area contributed by atoms with E-state index in [0.717, 1.165) is 17.7 Å². The summed E-state index contributed by atoms with van der Waals surface area (Å²) in [5.74, 6) is -0.134. The fourth-order valence-electron chi connectivity index (χ4n) is 2.37. The van der Waals surface area contributed by atoms with E-state index in [0.29, 0.717) is 5.16 Å². The molecule has 0 atom stereocenters. The van der Waals surface area contributed by atoms with Gasteiger partial charge in [-0.05, 0) is 31.9 Å². The van der Waals surface area contributed by atoms with Crippen LogP contribution in [-0.2, 0) is 16.0 Å². The van der Waals surface area contributed by atoms with Crippen molar-refractivity contribution in [3.05, 3.63) is 36.2 Å². The number of aryl methyl sites for hydroxylation is 1. The SMILES string of the molecule is CCc1ccccc1NC(=O)CN(C)C(=O)CSc1nncn1C(C)C. The molecule has 0 saturated carbocycles. The minimum Gasteiger partial charge on any atom is -0.336 e. The van der Waals surface area contributed by atoms with Gasteiger partial charge in [-0.1, -0.05) is 36.9 Å². The second kappa shape index (κ2) is 9.38. The normalized spacial score (nSPS) is 10.8. The quantitative estimate of drug-likeness (QED) is 0.718. The summed E-state index contributed by atoms with van der Waals surface area (Å²) < 4.78 is 1.91. The van der Waals surface area contributed by atoms with Gasteiger partial charge in [0.15, 0.2) is 5.16 Å². The van der Waals surface area contributed by atoms with Gasteiger partial charge in [-0.2, -0.15) is 0 Å². The Balaban J connectivity index is 1.86. The number of aromatic nitrogens is 3.